The summed E-state index contributed by atoms with van der Waals surface area (Å²) in [6.07, 6.45) is 12.3. The van der Waals surface area contributed by atoms with Crippen LogP contribution in [0.2, 0.25) is 0 Å². The van der Waals surface area contributed by atoms with E-state index in [1.54, 1.807) is 8.61 Å². The Hall–Kier alpha value is -0.660. The van der Waals surface area contributed by atoms with Gasteiger partial charge < -0.3 is 4.90 Å². The van der Waals surface area contributed by atoms with E-state index >= 15 is 0 Å². The van der Waals surface area contributed by atoms with Crippen LogP contribution in [0.3, 0.4) is 0 Å². The van der Waals surface area contributed by atoms with Gasteiger partial charge in [-0.1, -0.05) is 44.9 Å². The number of piperazine rings is 1. The van der Waals surface area contributed by atoms with Gasteiger partial charge >= 0.3 is 0 Å². The molecule has 7 heteroatoms. The summed E-state index contributed by atoms with van der Waals surface area (Å²) in [5.74, 6) is 0.930. The van der Waals surface area contributed by atoms with Crippen molar-refractivity contribution < 1.29 is 13.2 Å². The van der Waals surface area contributed by atoms with Crippen LogP contribution < -0.4 is 0 Å². The van der Waals surface area contributed by atoms with Gasteiger partial charge in [-0.05, 0) is 25.2 Å². The number of hydrogen-bond acceptors (Lipinski definition) is 3. The van der Waals surface area contributed by atoms with Crippen molar-refractivity contribution in [2.24, 2.45) is 5.92 Å². The van der Waals surface area contributed by atoms with Crippen molar-refractivity contribution in [2.75, 3.05) is 39.3 Å². The third-order valence-corrected chi connectivity index (χ3v) is 8.34. The van der Waals surface area contributed by atoms with Crippen LogP contribution >= 0.6 is 0 Å². The van der Waals surface area contributed by atoms with Gasteiger partial charge in [0.2, 0.25) is 5.91 Å². The molecule has 0 N–H and O–H groups in total. The molecule has 0 aromatic carbocycles. The fraction of sp³-hybridized carbons (Fsp3) is 0.947. The molecule has 2 aliphatic heterocycles. The van der Waals surface area contributed by atoms with Gasteiger partial charge in [-0.25, -0.2) is 0 Å². The van der Waals surface area contributed by atoms with E-state index in [9.17, 15) is 13.2 Å². The normalized spacial score (nSPS) is 25.2. The highest BCUT2D eigenvalue weighted by molar-refractivity contribution is 7.86. The second-order valence-electron chi connectivity index (χ2n) is 8.14. The monoisotopic (exact) mass is 385 g/mol. The first-order valence-electron chi connectivity index (χ1n) is 10.6. The summed E-state index contributed by atoms with van der Waals surface area (Å²) < 4.78 is 28.9. The predicted molar refractivity (Wildman–Crippen MR) is 103 cm³/mol. The van der Waals surface area contributed by atoms with E-state index in [2.05, 4.69) is 0 Å². The van der Waals surface area contributed by atoms with Crippen LogP contribution in [0.15, 0.2) is 0 Å². The Morgan fingerprint density at radius 2 is 1.27 bits per heavy atom. The number of hydrogen-bond donors (Lipinski definition) is 0. The lowest BCUT2D eigenvalue weighted by molar-refractivity contribution is -0.132. The zero-order chi connectivity index (χ0) is 18.4. The van der Waals surface area contributed by atoms with Gasteiger partial charge in [0.05, 0.1) is 0 Å². The van der Waals surface area contributed by atoms with Crippen molar-refractivity contribution in [1.29, 1.82) is 0 Å². The van der Waals surface area contributed by atoms with E-state index in [1.165, 1.54) is 32.1 Å². The summed E-state index contributed by atoms with van der Waals surface area (Å²) in [6, 6.07) is 0. The maximum atomic E-state index is 12.9. The molecule has 1 aliphatic carbocycles. The Labute approximate surface area is 159 Å². The molecule has 2 saturated heterocycles. The molecule has 0 spiro atoms. The van der Waals surface area contributed by atoms with Gasteiger partial charge in [-0.15, -0.1) is 0 Å². The van der Waals surface area contributed by atoms with Crippen LogP contribution in [-0.2, 0) is 15.0 Å². The Balaban J connectivity index is 1.44. The molecule has 0 aromatic heterocycles. The van der Waals surface area contributed by atoms with Gasteiger partial charge in [-0.2, -0.15) is 17.0 Å². The first-order chi connectivity index (χ1) is 12.6. The topological polar surface area (TPSA) is 60.9 Å². The lowest BCUT2D eigenvalue weighted by Gasteiger charge is -2.36. The second-order valence-corrected chi connectivity index (χ2v) is 10.1. The fourth-order valence-corrected chi connectivity index (χ4v) is 6.24. The number of rotatable bonds is 5. The molecule has 6 nitrogen and oxygen atoms in total. The summed E-state index contributed by atoms with van der Waals surface area (Å²) in [5.41, 5.74) is 0. The molecule has 1 amide bonds. The minimum Gasteiger partial charge on any atom is -0.340 e. The molecule has 26 heavy (non-hydrogen) atoms. The lowest BCUT2D eigenvalue weighted by atomic mass is 9.86. The van der Waals surface area contributed by atoms with Gasteiger partial charge in [0.15, 0.2) is 0 Å². The molecule has 3 rings (SSSR count). The molecule has 0 bridgehead atoms. The van der Waals surface area contributed by atoms with E-state index in [0.29, 0.717) is 45.7 Å². The molecular formula is C19H35N3O3S. The molecule has 3 aliphatic rings. The third-order valence-electron chi connectivity index (χ3n) is 6.30. The zero-order valence-corrected chi connectivity index (χ0v) is 16.9. The molecule has 3 fully saturated rings. The summed E-state index contributed by atoms with van der Waals surface area (Å²) in [5, 5.41) is 0. The number of nitrogens with zero attached hydrogens (tertiary/aromatic N) is 3. The third kappa shape index (κ3) is 5.20. The molecule has 0 unspecified atom stereocenters. The van der Waals surface area contributed by atoms with Crippen LogP contribution in [0.4, 0.5) is 0 Å². The van der Waals surface area contributed by atoms with Crippen LogP contribution in [0.1, 0.15) is 70.6 Å². The average Bonchev–Trinajstić information content (AvgIpc) is 2.97. The van der Waals surface area contributed by atoms with Crippen molar-refractivity contribution in [3.8, 4) is 0 Å². The van der Waals surface area contributed by atoms with Crippen molar-refractivity contribution in [3.63, 3.8) is 0 Å². The highest BCUT2D eigenvalue weighted by atomic mass is 32.2. The lowest BCUT2D eigenvalue weighted by Crippen LogP contribution is -2.54. The Morgan fingerprint density at radius 3 is 1.88 bits per heavy atom. The molecule has 2 heterocycles. The van der Waals surface area contributed by atoms with E-state index in [4.69, 9.17) is 0 Å². The van der Waals surface area contributed by atoms with E-state index < -0.39 is 10.2 Å². The zero-order valence-electron chi connectivity index (χ0n) is 16.1. The quantitative estimate of drug-likeness (QED) is 0.731. The average molecular weight is 386 g/mol. The first-order valence-corrected chi connectivity index (χ1v) is 12.0. The molecule has 0 radical (unpaired) electrons. The molecule has 150 valence electrons. The van der Waals surface area contributed by atoms with Crippen molar-refractivity contribution >= 4 is 16.1 Å². The van der Waals surface area contributed by atoms with Gasteiger partial charge in [0.1, 0.15) is 0 Å². The summed E-state index contributed by atoms with van der Waals surface area (Å²) in [7, 11) is -3.36. The smallest absolute Gasteiger partial charge is 0.282 e. The van der Waals surface area contributed by atoms with Gasteiger partial charge in [0.25, 0.3) is 10.2 Å². The second kappa shape index (κ2) is 9.51. The van der Waals surface area contributed by atoms with Gasteiger partial charge in [0, 0.05) is 45.7 Å². The number of amides is 1. The Kier molecular flexibility index (Phi) is 7.35. The largest absolute Gasteiger partial charge is 0.340 e. The number of carbonyl (C=O) groups excluding carboxylic acids is 1. The number of carbonyl (C=O) groups is 1. The maximum absolute atomic E-state index is 12.9. The van der Waals surface area contributed by atoms with E-state index in [-0.39, 0.29) is 5.91 Å². The summed E-state index contributed by atoms with van der Waals surface area (Å²) >= 11 is 0. The van der Waals surface area contributed by atoms with Crippen LogP contribution in [0.5, 0.6) is 0 Å². The molecule has 0 aromatic rings. The molecule has 1 saturated carbocycles. The fourth-order valence-electron chi connectivity index (χ4n) is 4.57. The summed E-state index contributed by atoms with van der Waals surface area (Å²) in [6.45, 7) is 3.24. The van der Waals surface area contributed by atoms with Crippen LogP contribution in [0.25, 0.3) is 0 Å². The van der Waals surface area contributed by atoms with E-state index in [1.807, 2.05) is 4.90 Å². The highest BCUT2D eigenvalue weighted by Crippen LogP contribution is 2.27. The predicted octanol–water partition coefficient (Wildman–Crippen LogP) is 2.61. The van der Waals surface area contributed by atoms with Crippen LogP contribution in [0, 0.1) is 5.92 Å². The van der Waals surface area contributed by atoms with Crippen LogP contribution in [-0.4, -0.2) is 67.1 Å². The minimum atomic E-state index is -3.36. The summed E-state index contributed by atoms with van der Waals surface area (Å²) in [4.78, 5) is 14.4. The minimum absolute atomic E-state index is 0.211. The standard InChI is InChI=1S/C19H35N3O3S/c23-19(11-10-18-8-4-3-5-9-18)20-14-16-22(17-15-20)26(24,25)21-12-6-1-2-7-13-21/h18H,1-17H2. The first kappa shape index (κ1) is 20.1. The molecular weight excluding hydrogens is 350 g/mol. The Morgan fingerprint density at radius 1 is 0.731 bits per heavy atom. The van der Waals surface area contributed by atoms with Gasteiger partial charge in [-0.3, -0.25) is 4.79 Å². The van der Waals surface area contributed by atoms with Crippen molar-refractivity contribution in [3.05, 3.63) is 0 Å². The SMILES string of the molecule is O=C(CCC1CCCCC1)N1CCN(S(=O)(=O)N2CCCCCC2)CC1. The van der Waals surface area contributed by atoms with Crippen molar-refractivity contribution in [2.45, 2.75) is 70.6 Å². The van der Waals surface area contributed by atoms with E-state index in [0.717, 1.165) is 38.0 Å². The molecule has 0 atom stereocenters. The Bertz CT molecular complexity index is 544. The maximum Gasteiger partial charge on any atom is 0.282 e. The van der Waals surface area contributed by atoms with Crippen molar-refractivity contribution in [1.82, 2.24) is 13.5 Å². The highest BCUT2D eigenvalue weighted by Gasteiger charge is 2.33.